The normalized spacial score (nSPS) is 15.9. The van der Waals surface area contributed by atoms with Gasteiger partial charge in [-0.1, -0.05) is 26.8 Å². The highest BCUT2D eigenvalue weighted by atomic mass is 16.2. The number of carbonyl (C=O) groups is 1. The number of nitrogens with zero attached hydrogens (tertiary/aromatic N) is 2. The molecule has 1 amide bonds. The predicted molar refractivity (Wildman–Crippen MR) is 141 cm³/mol. The number of H-pyrrole nitrogens is 1. The van der Waals surface area contributed by atoms with E-state index in [0.29, 0.717) is 24.4 Å². The van der Waals surface area contributed by atoms with E-state index in [9.17, 15) is 4.79 Å². The molecule has 5 nitrogen and oxygen atoms in total. The van der Waals surface area contributed by atoms with E-state index in [1.165, 1.54) is 33.3 Å². The SMILES string of the molecule is CCC(C)NCC(=O)N1CCC(c2ccc3[nH]c(-c4cc(C)nc(C)c4)c(C(C)C)c3c2)CC1. The number of aryl methyl sites for hydroxylation is 2. The Bertz CT molecular complexity index is 1130. The van der Waals surface area contributed by atoms with E-state index in [0.717, 1.165) is 43.7 Å². The summed E-state index contributed by atoms with van der Waals surface area (Å²) in [4.78, 5) is 22.9. The number of piperidine rings is 1. The van der Waals surface area contributed by atoms with Crippen molar-refractivity contribution in [3.05, 3.63) is 52.8 Å². The Morgan fingerprint density at radius 2 is 1.79 bits per heavy atom. The van der Waals surface area contributed by atoms with E-state index in [4.69, 9.17) is 0 Å². The quantitative estimate of drug-likeness (QED) is 0.450. The molecule has 0 spiro atoms. The van der Waals surface area contributed by atoms with Gasteiger partial charge in [0.25, 0.3) is 0 Å². The summed E-state index contributed by atoms with van der Waals surface area (Å²) < 4.78 is 0. The molecule has 182 valence electrons. The van der Waals surface area contributed by atoms with Gasteiger partial charge in [0.15, 0.2) is 0 Å². The topological polar surface area (TPSA) is 61.0 Å². The second kappa shape index (κ2) is 10.3. The van der Waals surface area contributed by atoms with Crippen LogP contribution in [0.2, 0.25) is 0 Å². The fraction of sp³-hybridized carbons (Fsp3) is 0.517. The third-order valence-electron chi connectivity index (χ3n) is 7.34. The predicted octanol–water partition coefficient (Wildman–Crippen LogP) is 6.06. The van der Waals surface area contributed by atoms with E-state index >= 15 is 0 Å². The first-order valence-corrected chi connectivity index (χ1v) is 12.9. The molecule has 0 aliphatic carbocycles. The van der Waals surface area contributed by atoms with E-state index in [1.54, 1.807) is 0 Å². The Morgan fingerprint density at radius 3 is 2.41 bits per heavy atom. The molecule has 1 aromatic carbocycles. The minimum atomic E-state index is 0.231. The number of amides is 1. The van der Waals surface area contributed by atoms with Crippen LogP contribution >= 0.6 is 0 Å². The van der Waals surface area contributed by atoms with Crippen molar-refractivity contribution in [3.8, 4) is 11.3 Å². The Labute approximate surface area is 204 Å². The second-order valence-corrected chi connectivity index (χ2v) is 10.4. The molecular weight excluding hydrogens is 420 g/mol. The Kier molecular flexibility index (Phi) is 7.42. The molecule has 3 heterocycles. The number of nitrogens with one attached hydrogen (secondary N) is 2. The molecule has 0 saturated carbocycles. The lowest BCUT2D eigenvalue weighted by molar-refractivity contribution is -0.131. The van der Waals surface area contributed by atoms with Crippen LogP contribution in [0.5, 0.6) is 0 Å². The summed E-state index contributed by atoms with van der Waals surface area (Å²) in [5.41, 5.74) is 8.49. The van der Waals surface area contributed by atoms with Crippen LogP contribution < -0.4 is 5.32 Å². The number of benzene rings is 1. The highest BCUT2D eigenvalue weighted by Crippen LogP contribution is 2.38. The number of aromatic nitrogens is 2. The van der Waals surface area contributed by atoms with Gasteiger partial charge in [-0.3, -0.25) is 9.78 Å². The molecular formula is C29H40N4O. The van der Waals surface area contributed by atoms with E-state index in [1.807, 2.05) is 4.90 Å². The van der Waals surface area contributed by atoms with Crippen molar-refractivity contribution in [1.29, 1.82) is 0 Å². The number of aromatic amines is 1. The number of carbonyl (C=O) groups excluding carboxylic acids is 1. The number of hydrogen-bond acceptors (Lipinski definition) is 3. The van der Waals surface area contributed by atoms with Gasteiger partial charge in [-0.05, 0) is 87.3 Å². The smallest absolute Gasteiger partial charge is 0.236 e. The first-order chi connectivity index (χ1) is 16.3. The molecule has 2 aromatic heterocycles. The summed E-state index contributed by atoms with van der Waals surface area (Å²) in [5, 5.41) is 4.66. The van der Waals surface area contributed by atoms with Crippen LogP contribution in [0.1, 0.15) is 81.3 Å². The summed E-state index contributed by atoms with van der Waals surface area (Å²) in [5.74, 6) is 1.14. The van der Waals surface area contributed by atoms with Crippen LogP contribution in [0.15, 0.2) is 30.3 Å². The van der Waals surface area contributed by atoms with Crippen LogP contribution in [0, 0.1) is 13.8 Å². The van der Waals surface area contributed by atoms with E-state index in [2.05, 4.69) is 87.2 Å². The van der Waals surface area contributed by atoms with Crippen molar-refractivity contribution in [1.82, 2.24) is 20.2 Å². The highest BCUT2D eigenvalue weighted by molar-refractivity contribution is 5.92. The van der Waals surface area contributed by atoms with Gasteiger partial charge in [-0.25, -0.2) is 0 Å². The minimum absolute atomic E-state index is 0.231. The molecule has 1 aliphatic heterocycles. The molecule has 1 unspecified atom stereocenters. The van der Waals surface area contributed by atoms with Crippen molar-refractivity contribution in [2.24, 2.45) is 0 Å². The van der Waals surface area contributed by atoms with Crippen LogP contribution in [-0.4, -0.2) is 46.5 Å². The zero-order chi connectivity index (χ0) is 24.4. The zero-order valence-electron chi connectivity index (χ0n) is 21.7. The van der Waals surface area contributed by atoms with Gasteiger partial charge >= 0.3 is 0 Å². The summed E-state index contributed by atoms with van der Waals surface area (Å²) >= 11 is 0. The van der Waals surface area contributed by atoms with Gasteiger partial charge in [0.2, 0.25) is 5.91 Å². The number of rotatable bonds is 7. The molecule has 0 radical (unpaired) electrons. The summed E-state index contributed by atoms with van der Waals surface area (Å²) in [6, 6.07) is 11.7. The molecule has 2 N–H and O–H groups in total. The van der Waals surface area contributed by atoms with Gasteiger partial charge in [0.1, 0.15) is 0 Å². The minimum Gasteiger partial charge on any atom is -0.354 e. The maximum Gasteiger partial charge on any atom is 0.236 e. The molecule has 34 heavy (non-hydrogen) atoms. The Morgan fingerprint density at radius 1 is 1.12 bits per heavy atom. The highest BCUT2D eigenvalue weighted by Gasteiger charge is 2.25. The number of hydrogen-bond donors (Lipinski definition) is 2. The zero-order valence-corrected chi connectivity index (χ0v) is 21.7. The third-order valence-corrected chi connectivity index (χ3v) is 7.34. The molecule has 3 aromatic rings. The van der Waals surface area contributed by atoms with Gasteiger partial charge in [-0.2, -0.15) is 0 Å². The van der Waals surface area contributed by atoms with Crippen molar-refractivity contribution < 1.29 is 4.79 Å². The van der Waals surface area contributed by atoms with E-state index in [-0.39, 0.29) is 5.91 Å². The van der Waals surface area contributed by atoms with E-state index < -0.39 is 0 Å². The number of pyridine rings is 1. The average molecular weight is 461 g/mol. The largest absolute Gasteiger partial charge is 0.354 e. The van der Waals surface area contributed by atoms with Crippen LogP contribution in [0.4, 0.5) is 0 Å². The lowest BCUT2D eigenvalue weighted by atomic mass is 9.87. The molecule has 1 saturated heterocycles. The maximum atomic E-state index is 12.6. The van der Waals surface area contributed by atoms with Crippen LogP contribution in [-0.2, 0) is 4.79 Å². The maximum absolute atomic E-state index is 12.6. The lowest BCUT2D eigenvalue weighted by Crippen LogP contribution is -2.44. The number of fused-ring (bicyclic) bond motifs is 1. The fourth-order valence-corrected chi connectivity index (χ4v) is 5.27. The Balaban J connectivity index is 1.55. The summed E-state index contributed by atoms with van der Waals surface area (Å²) in [7, 11) is 0. The molecule has 1 aliphatic rings. The molecule has 1 fully saturated rings. The van der Waals surface area contributed by atoms with Crippen LogP contribution in [0.3, 0.4) is 0 Å². The van der Waals surface area contributed by atoms with Crippen molar-refractivity contribution in [3.63, 3.8) is 0 Å². The summed E-state index contributed by atoms with van der Waals surface area (Å²) in [6.45, 7) is 15.1. The van der Waals surface area contributed by atoms with Crippen LogP contribution in [0.25, 0.3) is 22.2 Å². The molecule has 4 rings (SSSR count). The summed E-state index contributed by atoms with van der Waals surface area (Å²) in [6.07, 6.45) is 3.09. The number of likely N-dealkylation sites (tertiary alicyclic amines) is 1. The fourth-order valence-electron chi connectivity index (χ4n) is 5.27. The van der Waals surface area contributed by atoms with Gasteiger partial charge in [-0.15, -0.1) is 0 Å². The molecule has 1 atom stereocenters. The van der Waals surface area contributed by atoms with Crippen molar-refractivity contribution >= 4 is 16.8 Å². The first kappa shape index (κ1) is 24.5. The van der Waals surface area contributed by atoms with Gasteiger partial charge < -0.3 is 15.2 Å². The lowest BCUT2D eigenvalue weighted by Gasteiger charge is -2.32. The van der Waals surface area contributed by atoms with Crippen molar-refractivity contribution in [2.75, 3.05) is 19.6 Å². The molecule has 0 bridgehead atoms. The average Bonchev–Trinajstić information content (AvgIpc) is 3.21. The second-order valence-electron chi connectivity index (χ2n) is 10.4. The monoisotopic (exact) mass is 460 g/mol. The van der Waals surface area contributed by atoms with Gasteiger partial charge in [0, 0.05) is 47.0 Å². The van der Waals surface area contributed by atoms with Gasteiger partial charge in [0.05, 0.1) is 12.2 Å². The molecule has 5 heteroatoms. The first-order valence-electron chi connectivity index (χ1n) is 12.9. The third kappa shape index (κ3) is 5.20. The Hall–Kier alpha value is -2.66. The standard InChI is InChI=1S/C29H40N4O/c1-7-19(4)30-17-27(34)33-12-10-22(11-13-33)23-8-9-26-25(16-23)28(18(2)3)29(32-26)24-14-20(5)31-21(6)15-24/h8-9,14-16,18-19,22,30,32H,7,10-13,17H2,1-6H3. The van der Waals surface area contributed by atoms with Crippen molar-refractivity contribution in [2.45, 2.75) is 78.7 Å².